The van der Waals surface area contributed by atoms with Crippen LogP contribution in [0.25, 0.3) is 10.4 Å². The third kappa shape index (κ3) is 5.71. The molecule has 1 aromatic heterocycles. The van der Waals surface area contributed by atoms with Crippen molar-refractivity contribution in [3.05, 3.63) is 87.0 Å². The molecule has 2 saturated heterocycles. The molecule has 0 aliphatic carbocycles. The third-order valence-corrected chi connectivity index (χ3v) is 8.38. The zero-order valence-corrected chi connectivity index (χ0v) is 23.6. The van der Waals surface area contributed by atoms with E-state index in [4.69, 9.17) is 17.1 Å². The van der Waals surface area contributed by atoms with Gasteiger partial charge in [0.15, 0.2) is 0 Å². The normalized spacial score (nSPS) is 18.3. The molecule has 2 fully saturated rings. The van der Waals surface area contributed by atoms with Gasteiger partial charge in [-0.2, -0.15) is 0 Å². The molecule has 0 N–H and O–H groups in total. The molecule has 0 bridgehead atoms. The molecule has 3 heterocycles. The Labute approximate surface area is 234 Å². The first-order valence-corrected chi connectivity index (χ1v) is 13.8. The SMILES string of the molecule is Cc1c(CN2CCN(c3ccccc3Cl)CC2)cc(C(=O)N2CCN(c3cccc(N=[N+]=[N-])c3)CC2C)n1C. The van der Waals surface area contributed by atoms with E-state index in [1.54, 1.807) is 6.07 Å². The number of amides is 1. The molecular weight excluding hydrogens is 512 g/mol. The monoisotopic (exact) mass is 546 g/mol. The second kappa shape index (κ2) is 11.6. The number of anilines is 2. The summed E-state index contributed by atoms with van der Waals surface area (Å²) in [6.45, 7) is 10.8. The van der Waals surface area contributed by atoms with Crippen LogP contribution in [0.3, 0.4) is 0 Å². The predicted octanol–water partition coefficient (Wildman–Crippen LogP) is 5.60. The number of carbonyl (C=O) groups excluding carboxylic acids is 1. The van der Waals surface area contributed by atoms with Crippen molar-refractivity contribution in [2.75, 3.05) is 55.6 Å². The van der Waals surface area contributed by atoms with Crippen molar-refractivity contribution in [3.63, 3.8) is 0 Å². The highest BCUT2D eigenvalue weighted by atomic mass is 35.5. The number of rotatable bonds is 6. The Morgan fingerprint density at radius 3 is 2.49 bits per heavy atom. The highest BCUT2D eigenvalue weighted by Crippen LogP contribution is 2.28. The molecule has 2 aliphatic heterocycles. The van der Waals surface area contributed by atoms with Crippen molar-refractivity contribution in [1.29, 1.82) is 0 Å². The molecule has 9 nitrogen and oxygen atoms in total. The van der Waals surface area contributed by atoms with Gasteiger partial charge in [0.2, 0.25) is 0 Å². The van der Waals surface area contributed by atoms with Crippen molar-refractivity contribution >= 4 is 34.6 Å². The average Bonchev–Trinajstić information content (AvgIpc) is 3.22. The summed E-state index contributed by atoms with van der Waals surface area (Å²) < 4.78 is 2.04. The maximum atomic E-state index is 13.7. The number of nitrogens with zero attached hydrogens (tertiary/aromatic N) is 8. The standard InChI is InChI=1S/C29H35ClN8O/c1-21-19-37(25-8-6-7-24(18-25)32-33-31)15-16-38(21)29(39)28-17-23(22(2)34(28)3)20-35-11-13-36(14-12-35)27-10-5-4-9-26(27)30/h4-10,17-18,21H,11-16,19-20H2,1-3H3. The van der Waals surface area contributed by atoms with Crippen LogP contribution in [0.1, 0.15) is 28.7 Å². The van der Waals surface area contributed by atoms with Crippen molar-refractivity contribution in [2.24, 2.45) is 12.2 Å². The molecule has 3 aromatic rings. The molecule has 10 heteroatoms. The van der Waals surface area contributed by atoms with Gasteiger partial charge in [-0.05, 0) is 55.3 Å². The molecule has 1 amide bonds. The Balaban J connectivity index is 1.22. The third-order valence-electron chi connectivity index (χ3n) is 8.06. The van der Waals surface area contributed by atoms with Crippen LogP contribution >= 0.6 is 11.6 Å². The highest BCUT2D eigenvalue weighted by molar-refractivity contribution is 6.33. The van der Waals surface area contributed by atoms with Gasteiger partial charge in [-0.25, -0.2) is 0 Å². The number of carbonyl (C=O) groups is 1. The van der Waals surface area contributed by atoms with E-state index in [9.17, 15) is 4.79 Å². The van der Waals surface area contributed by atoms with Crippen molar-refractivity contribution in [1.82, 2.24) is 14.4 Å². The molecule has 2 aliphatic rings. The van der Waals surface area contributed by atoms with Crippen LogP contribution < -0.4 is 9.80 Å². The molecule has 0 spiro atoms. The summed E-state index contributed by atoms with van der Waals surface area (Å²) in [7, 11) is 1.99. The number of azide groups is 1. The Kier molecular flexibility index (Phi) is 8.02. The molecule has 2 aromatic carbocycles. The van der Waals surface area contributed by atoms with Gasteiger partial charge < -0.3 is 19.3 Å². The lowest BCUT2D eigenvalue weighted by atomic mass is 10.1. The van der Waals surface area contributed by atoms with Gasteiger partial charge in [-0.1, -0.05) is 41.0 Å². The minimum Gasteiger partial charge on any atom is -0.368 e. The van der Waals surface area contributed by atoms with Gasteiger partial charge in [0.1, 0.15) is 5.69 Å². The second-order valence-corrected chi connectivity index (χ2v) is 10.8. The van der Waals surface area contributed by atoms with E-state index in [-0.39, 0.29) is 11.9 Å². The number of halogens is 1. The van der Waals surface area contributed by atoms with E-state index in [1.165, 1.54) is 5.56 Å². The van der Waals surface area contributed by atoms with E-state index < -0.39 is 0 Å². The van der Waals surface area contributed by atoms with Crippen molar-refractivity contribution in [2.45, 2.75) is 26.4 Å². The van der Waals surface area contributed by atoms with Crippen molar-refractivity contribution < 1.29 is 4.79 Å². The Morgan fingerprint density at radius 2 is 1.77 bits per heavy atom. The van der Waals surface area contributed by atoms with E-state index in [2.05, 4.69) is 50.7 Å². The first-order chi connectivity index (χ1) is 18.9. The van der Waals surface area contributed by atoms with Crippen molar-refractivity contribution in [3.8, 4) is 0 Å². The first kappa shape index (κ1) is 26.9. The lowest BCUT2D eigenvalue weighted by Gasteiger charge is -2.41. The van der Waals surface area contributed by atoms with Crippen LogP contribution in [0.5, 0.6) is 0 Å². The number of para-hydroxylation sites is 1. The molecular formula is C29H35ClN8O. The van der Waals surface area contributed by atoms with Crippen LogP contribution in [0, 0.1) is 6.92 Å². The van der Waals surface area contributed by atoms with Gasteiger partial charge in [0.25, 0.3) is 5.91 Å². The molecule has 1 atom stereocenters. The molecule has 5 rings (SSSR count). The summed E-state index contributed by atoms with van der Waals surface area (Å²) in [6.07, 6.45) is 0. The van der Waals surface area contributed by atoms with Gasteiger partial charge >= 0.3 is 0 Å². The zero-order valence-electron chi connectivity index (χ0n) is 22.8. The zero-order chi connectivity index (χ0) is 27.5. The number of aromatic nitrogens is 1. The second-order valence-electron chi connectivity index (χ2n) is 10.4. The molecule has 204 valence electrons. The Hall–Kier alpha value is -3.65. The topological polar surface area (TPSA) is 83.7 Å². The maximum Gasteiger partial charge on any atom is 0.270 e. The summed E-state index contributed by atoms with van der Waals surface area (Å²) in [5.41, 5.74) is 14.5. The van der Waals surface area contributed by atoms with Crippen LogP contribution in [-0.2, 0) is 13.6 Å². The average molecular weight is 547 g/mol. The molecule has 1 unspecified atom stereocenters. The highest BCUT2D eigenvalue weighted by Gasteiger charge is 2.31. The van der Waals surface area contributed by atoms with E-state index in [0.29, 0.717) is 12.2 Å². The fourth-order valence-corrected chi connectivity index (χ4v) is 5.92. The van der Waals surface area contributed by atoms with Gasteiger partial charge in [-0.15, -0.1) is 0 Å². The van der Waals surface area contributed by atoms with E-state index in [0.717, 1.165) is 73.6 Å². The predicted molar refractivity (Wildman–Crippen MR) is 157 cm³/mol. The molecule has 39 heavy (non-hydrogen) atoms. The summed E-state index contributed by atoms with van der Waals surface area (Å²) in [5, 5.41) is 4.52. The summed E-state index contributed by atoms with van der Waals surface area (Å²) in [6, 6.07) is 17.7. The van der Waals surface area contributed by atoms with E-state index in [1.807, 2.05) is 52.9 Å². The van der Waals surface area contributed by atoms with Gasteiger partial charge in [0, 0.05) is 87.4 Å². The van der Waals surface area contributed by atoms with Gasteiger partial charge in [-0.3, -0.25) is 9.69 Å². The Bertz CT molecular complexity index is 1390. The minimum absolute atomic E-state index is 0.0471. The van der Waals surface area contributed by atoms with Gasteiger partial charge in [0.05, 0.1) is 10.7 Å². The smallest absolute Gasteiger partial charge is 0.270 e. The minimum atomic E-state index is 0.0471. The van der Waals surface area contributed by atoms with Crippen LogP contribution in [-0.4, -0.2) is 72.1 Å². The van der Waals surface area contributed by atoms with Crippen LogP contribution in [0.2, 0.25) is 5.02 Å². The molecule has 0 saturated carbocycles. The lowest BCUT2D eigenvalue weighted by Crippen LogP contribution is -2.54. The van der Waals surface area contributed by atoms with E-state index >= 15 is 0 Å². The van der Waals surface area contributed by atoms with Crippen LogP contribution in [0.4, 0.5) is 17.1 Å². The maximum absolute atomic E-state index is 13.7. The number of hydrogen-bond acceptors (Lipinski definition) is 5. The lowest BCUT2D eigenvalue weighted by molar-refractivity contribution is 0.0664. The first-order valence-electron chi connectivity index (χ1n) is 13.4. The quantitative estimate of drug-likeness (QED) is 0.229. The number of hydrogen-bond donors (Lipinski definition) is 0. The fourth-order valence-electron chi connectivity index (χ4n) is 5.67. The Morgan fingerprint density at radius 1 is 1.03 bits per heavy atom. The summed E-state index contributed by atoms with van der Waals surface area (Å²) in [5.74, 6) is 0.0744. The fraction of sp³-hybridized carbons (Fsp3) is 0.414. The number of piperazine rings is 2. The summed E-state index contributed by atoms with van der Waals surface area (Å²) in [4.78, 5) is 25.6. The largest absolute Gasteiger partial charge is 0.368 e. The number of benzene rings is 2. The summed E-state index contributed by atoms with van der Waals surface area (Å²) >= 11 is 6.41. The van der Waals surface area contributed by atoms with Crippen LogP contribution in [0.15, 0.2) is 59.7 Å². The molecule has 0 radical (unpaired) electrons.